The van der Waals surface area contributed by atoms with Crippen LogP contribution in [0.2, 0.25) is 0 Å². The summed E-state index contributed by atoms with van der Waals surface area (Å²) in [6, 6.07) is 8.90. The van der Waals surface area contributed by atoms with Gasteiger partial charge in [0, 0.05) is 46.9 Å². The molecule has 38 heavy (non-hydrogen) atoms. The van der Waals surface area contributed by atoms with Gasteiger partial charge in [-0.2, -0.15) is 5.10 Å². The number of fused-ring (bicyclic) bond motifs is 1. The third-order valence-corrected chi connectivity index (χ3v) is 6.98. The highest BCUT2D eigenvalue weighted by atomic mass is 19.1. The molecule has 1 saturated heterocycles. The van der Waals surface area contributed by atoms with Crippen molar-refractivity contribution in [1.29, 1.82) is 0 Å². The maximum atomic E-state index is 14.7. The fourth-order valence-corrected chi connectivity index (χ4v) is 5.11. The Balaban J connectivity index is 1.56. The summed E-state index contributed by atoms with van der Waals surface area (Å²) in [5, 5.41) is 5.67. The summed E-state index contributed by atoms with van der Waals surface area (Å²) in [6.07, 6.45) is 5.19. The molecule has 1 fully saturated rings. The molecule has 0 spiro atoms. The van der Waals surface area contributed by atoms with Crippen molar-refractivity contribution in [2.45, 2.75) is 26.8 Å². The van der Waals surface area contributed by atoms with Crippen LogP contribution in [0.4, 0.5) is 10.2 Å². The first kappa shape index (κ1) is 24.1. The van der Waals surface area contributed by atoms with Gasteiger partial charge in [0.25, 0.3) is 0 Å². The molecule has 0 bridgehead atoms. The highest BCUT2D eigenvalue weighted by molar-refractivity contribution is 5.94. The third kappa shape index (κ3) is 4.16. The normalized spacial score (nSPS) is 15.8. The van der Waals surface area contributed by atoms with Crippen LogP contribution in [0.3, 0.4) is 0 Å². The number of methoxy groups -OCH3 is 1. The number of hydrogen-bond acceptors (Lipinski definition) is 7. The van der Waals surface area contributed by atoms with E-state index in [-0.39, 0.29) is 11.9 Å². The van der Waals surface area contributed by atoms with Gasteiger partial charge in [-0.1, -0.05) is 0 Å². The van der Waals surface area contributed by atoms with Crippen molar-refractivity contribution < 1.29 is 13.9 Å². The standard InChI is InChI=1S/C28H28FN7O2/c1-16-15-38-8-7-35(16)26-12-25(32-28(33-26)23-9-19(29)10-24-22(23)5-6-31-24)27-17(2)34-36(18(27)3)20-11-21(37-4)14-30-13-20/h5-6,9-14,16,31H,7-8,15H2,1-4H3/t16-/m1/s1. The van der Waals surface area contributed by atoms with Crippen molar-refractivity contribution >= 4 is 16.7 Å². The van der Waals surface area contributed by atoms with Crippen LogP contribution in [0.5, 0.6) is 5.75 Å². The highest BCUT2D eigenvalue weighted by Crippen LogP contribution is 2.35. The Morgan fingerprint density at radius 2 is 2.00 bits per heavy atom. The molecule has 10 heteroatoms. The number of hydrogen-bond donors (Lipinski definition) is 1. The second kappa shape index (κ2) is 9.53. The predicted octanol–water partition coefficient (Wildman–Crippen LogP) is 4.86. The van der Waals surface area contributed by atoms with Gasteiger partial charge < -0.3 is 19.4 Å². The Hall–Kier alpha value is -4.31. The van der Waals surface area contributed by atoms with Crippen LogP contribution in [-0.4, -0.2) is 62.6 Å². The summed E-state index contributed by atoms with van der Waals surface area (Å²) in [5.41, 5.74) is 5.42. The zero-order chi connectivity index (χ0) is 26.4. The zero-order valence-corrected chi connectivity index (χ0v) is 21.7. The van der Waals surface area contributed by atoms with Crippen LogP contribution < -0.4 is 9.64 Å². The molecule has 194 valence electrons. The summed E-state index contributed by atoms with van der Waals surface area (Å²) < 4.78 is 27.5. The maximum Gasteiger partial charge on any atom is 0.162 e. The molecule has 0 aliphatic carbocycles. The summed E-state index contributed by atoms with van der Waals surface area (Å²) in [6.45, 7) is 7.98. The fraction of sp³-hybridized carbons (Fsp3) is 0.286. The van der Waals surface area contributed by atoms with Crippen LogP contribution in [0, 0.1) is 19.7 Å². The van der Waals surface area contributed by atoms with Gasteiger partial charge >= 0.3 is 0 Å². The molecule has 1 aliphatic rings. The van der Waals surface area contributed by atoms with Crippen LogP contribution in [0.25, 0.3) is 39.2 Å². The number of ether oxygens (including phenoxy) is 2. The first-order chi connectivity index (χ1) is 18.4. The Kier molecular flexibility index (Phi) is 6.03. The van der Waals surface area contributed by atoms with Crippen molar-refractivity contribution in [1.82, 2.24) is 29.7 Å². The van der Waals surface area contributed by atoms with E-state index in [1.54, 1.807) is 25.7 Å². The Labute approximate surface area is 219 Å². The van der Waals surface area contributed by atoms with E-state index >= 15 is 0 Å². The van der Waals surface area contributed by atoms with Crippen molar-refractivity contribution in [3.8, 4) is 34.1 Å². The lowest BCUT2D eigenvalue weighted by Gasteiger charge is -2.34. The van der Waals surface area contributed by atoms with Gasteiger partial charge in [-0.25, -0.2) is 19.0 Å². The van der Waals surface area contributed by atoms with Crippen molar-refractivity contribution in [2.75, 3.05) is 31.8 Å². The van der Waals surface area contributed by atoms with E-state index in [0.717, 1.165) is 33.8 Å². The van der Waals surface area contributed by atoms with E-state index in [9.17, 15) is 4.39 Å². The average molecular weight is 514 g/mol. The summed E-state index contributed by atoms with van der Waals surface area (Å²) in [4.78, 5) is 19.5. The number of aryl methyl sites for hydroxylation is 1. The number of rotatable bonds is 5. The van der Waals surface area contributed by atoms with Crippen molar-refractivity contribution in [3.63, 3.8) is 0 Å². The number of benzene rings is 1. The second-order valence-electron chi connectivity index (χ2n) is 9.49. The zero-order valence-electron chi connectivity index (χ0n) is 21.7. The summed E-state index contributed by atoms with van der Waals surface area (Å²) >= 11 is 0. The largest absolute Gasteiger partial charge is 0.495 e. The topological polar surface area (TPSA) is 94.0 Å². The molecule has 0 saturated carbocycles. The number of aromatic nitrogens is 6. The Bertz CT molecular complexity index is 1640. The lowest BCUT2D eigenvalue weighted by molar-refractivity contribution is 0.0985. The van der Waals surface area contributed by atoms with Gasteiger partial charge in [-0.3, -0.25) is 4.98 Å². The lowest BCUT2D eigenvalue weighted by atomic mass is 10.1. The minimum absolute atomic E-state index is 0.131. The van der Waals surface area contributed by atoms with E-state index in [1.165, 1.54) is 12.1 Å². The van der Waals surface area contributed by atoms with E-state index in [0.29, 0.717) is 48.1 Å². The molecule has 4 aromatic heterocycles. The second-order valence-corrected chi connectivity index (χ2v) is 9.49. The van der Waals surface area contributed by atoms with Crippen LogP contribution in [0.1, 0.15) is 18.3 Å². The number of aromatic amines is 1. The maximum absolute atomic E-state index is 14.7. The fourth-order valence-electron chi connectivity index (χ4n) is 5.11. The molecule has 1 aromatic carbocycles. The van der Waals surface area contributed by atoms with E-state index in [2.05, 4.69) is 21.8 Å². The number of morpholine rings is 1. The molecule has 1 N–H and O–H groups in total. The number of nitrogens with zero attached hydrogens (tertiary/aromatic N) is 6. The van der Waals surface area contributed by atoms with Gasteiger partial charge in [0.2, 0.25) is 0 Å². The van der Waals surface area contributed by atoms with Crippen LogP contribution >= 0.6 is 0 Å². The molecule has 9 nitrogen and oxygen atoms in total. The molecule has 0 amide bonds. The molecule has 6 rings (SSSR count). The Morgan fingerprint density at radius 3 is 2.82 bits per heavy atom. The smallest absolute Gasteiger partial charge is 0.162 e. The first-order valence-electron chi connectivity index (χ1n) is 12.5. The van der Waals surface area contributed by atoms with Crippen LogP contribution in [-0.2, 0) is 4.74 Å². The molecule has 1 atom stereocenters. The molecule has 5 aromatic rings. The van der Waals surface area contributed by atoms with Crippen molar-refractivity contribution in [3.05, 3.63) is 66.1 Å². The number of pyridine rings is 1. The Morgan fingerprint density at radius 1 is 1.13 bits per heavy atom. The predicted molar refractivity (Wildman–Crippen MR) is 143 cm³/mol. The van der Waals surface area contributed by atoms with E-state index in [4.69, 9.17) is 24.5 Å². The number of halogens is 1. The monoisotopic (exact) mass is 513 g/mol. The van der Waals surface area contributed by atoms with E-state index < -0.39 is 0 Å². The highest BCUT2D eigenvalue weighted by Gasteiger charge is 2.25. The minimum Gasteiger partial charge on any atom is -0.495 e. The third-order valence-electron chi connectivity index (χ3n) is 6.98. The molecule has 5 heterocycles. The summed E-state index contributed by atoms with van der Waals surface area (Å²) in [7, 11) is 1.61. The summed E-state index contributed by atoms with van der Waals surface area (Å²) in [5.74, 6) is 1.51. The number of nitrogens with one attached hydrogen (secondary N) is 1. The average Bonchev–Trinajstić information content (AvgIpc) is 3.51. The van der Waals surface area contributed by atoms with Gasteiger partial charge in [0.05, 0.1) is 61.5 Å². The van der Waals surface area contributed by atoms with Gasteiger partial charge in [-0.05, 0) is 39.0 Å². The number of anilines is 1. The quantitative estimate of drug-likeness (QED) is 0.359. The lowest BCUT2D eigenvalue weighted by Crippen LogP contribution is -2.44. The minimum atomic E-state index is -0.351. The molecular weight excluding hydrogens is 485 g/mol. The van der Waals surface area contributed by atoms with Gasteiger partial charge in [-0.15, -0.1) is 0 Å². The van der Waals surface area contributed by atoms with Crippen molar-refractivity contribution in [2.24, 2.45) is 0 Å². The van der Waals surface area contributed by atoms with E-state index in [1.807, 2.05) is 36.7 Å². The van der Waals surface area contributed by atoms with Gasteiger partial charge in [0.15, 0.2) is 5.82 Å². The van der Waals surface area contributed by atoms with Gasteiger partial charge in [0.1, 0.15) is 17.4 Å². The first-order valence-corrected chi connectivity index (χ1v) is 12.5. The molecule has 0 unspecified atom stereocenters. The number of H-pyrrole nitrogens is 1. The van der Waals surface area contributed by atoms with Crippen LogP contribution in [0.15, 0.2) is 48.9 Å². The molecular formula is C28H28FN7O2. The molecule has 0 radical (unpaired) electrons. The molecule has 1 aliphatic heterocycles. The SMILES string of the molecule is COc1cncc(-n2nc(C)c(-c3cc(N4CCOC[C@H]4C)nc(-c4cc(F)cc5[nH]ccc45)n3)c2C)c1.